The van der Waals surface area contributed by atoms with Crippen LogP contribution in [0.5, 0.6) is 0 Å². The Morgan fingerprint density at radius 2 is 2.00 bits per heavy atom. The van der Waals surface area contributed by atoms with Gasteiger partial charge in [-0.05, 0) is 61.2 Å². The molecule has 5 nitrogen and oxygen atoms in total. The van der Waals surface area contributed by atoms with E-state index in [9.17, 15) is 9.59 Å². The Labute approximate surface area is 153 Å². The third-order valence-corrected chi connectivity index (χ3v) is 4.25. The molecule has 2 aromatic carbocycles. The van der Waals surface area contributed by atoms with E-state index in [1.165, 1.54) is 18.4 Å². The van der Waals surface area contributed by atoms with Gasteiger partial charge in [-0.3, -0.25) is 9.59 Å². The minimum Gasteiger partial charge on any atom is -0.463 e. The van der Waals surface area contributed by atoms with Crippen molar-refractivity contribution in [2.75, 3.05) is 5.32 Å². The van der Waals surface area contributed by atoms with Crippen LogP contribution in [0.2, 0.25) is 0 Å². The van der Waals surface area contributed by atoms with Crippen molar-refractivity contribution in [1.82, 2.24) is 0 Å². The number of carbonyl (C=O) groups excluding carboxylic acids is 1. The fourth-order valence-electron chi connectivity index (χ4n) is 2.38. The molecule has 0 atom stereocenters. The van der Waals surface area contributed by atoms with Crippen LogP contribution < -0.4 is 10.7 Å². The van der Waals surface area contributed by atoms with Gasteiger partial charge in [-0.15, -0.1) is 0 Å². The molecule has 0 aliphatic carbocycles. The number of amides is 1. The van der Waals surface area contributed by atoms with Crippen molar-refractivity contribution in [1.29, 1.82) is 5.26 Å². The first kappa shape index (κ1) is 17.5. The maximum atomic E-state index is 12.5. The molecule has 0 bridgehead atoms. The molecule has 0 aliphatic heterocycles. The Balaban J connectivity index is 1.76. The molecule has 1 N–H and O–H groups in total. The number of nitrogens with one attached hydrogen (secondary N) is 1. The van der Waals surface area contributed by atoms with Crippen LogP contribution in [0.3, 0.4) is 0 Å². The topological polar surface area (TPSA) is 83.1 Å². The maximum absolute atomic E-state index is 12.5. The first-order chi connectivity index (χ1) is 12.6. The summed E-state index contributed by atoms with van der Waals surface area (Å²) in [5, 5.41) is 13.8. The molecular weight excluding hydrogens is 348 g/mol. The zero-order valence-electron chi connectivity index (χ0n) is 13.9. The van der Waals surface area contributed by atoms with Crippen LogP contribution in [0.1, 0.15) is 11.1 Å². The average molecular weight is 362 g/mol. The van der Waals surface area contributed by atoms with E-state index in [0.29, 0.717) is 22.2 Å². The summed E-state index contributed by atoms with van der Waals surface area (Å²) in [6, 6.07) is 12.3. The molecular formula is C20H14N2O3S. The highest BCUT2D eigenvalue weighted by molar-refractivity contribution is 8.03. The van der Waals surface area contributed by atoms with Crippen molar-refractivity contribution in [2.24, 2.45) is 0 Å². The third-order valence-electron chi connectivity index (χ3n) is 3.65. The van der Waals surface area contributed by atoms with E-state index >= 15 is 0 Å². The van der Waals surface area contributed by atoms with Gasteiger partial charge in [0, 0.05) is 16.7 Å². The molecule has 3 rings (SSSR count). The number of hydrogen-bond acceptors (Lipinski definition) is 5. The number of aryl methyl sites for hydroxylation is 1. The highest BCUT2D eigenvalue weighted by atomic mass is 32.2. The summed E-state index contributed by atoms with van der Waals surface area (Å²) in [6.07, 6.45) is 4.06. The molecule has 0 aliphatic rings. The summed E-state index contributed by atoms with van der Waals surface area (Å²) in [5.74, 6) is -0.366. The maximum Gasteiger partial charge on any atom is 0.248 e. The first-order valence-corrected chi connectivity index (χ1v) is 8.56. The molecule has 1 heterocycles. The van der Waals surface area contributed by atoms with Gasteiger partial charge in [0.2, 0.25) is 5.91 Å². The largest absolute Gasteiger partial charge is 0.463 e. The molecule has 6 heteroatoms. The van der Waals surface area contributed by atoms with E-state index in [-0.39, 0.29) is 11.3 Å². The van der Waals surface area contributed by atoms with Crippen LogP contribution >= 0.6 is 11.8 Å². The monoisotopic (exact) mass is 362 g/mol. The fraction of sp³-hybridized carbons (Fsp3) is 0.0500. The Hall–Kier alpha value is -3.30. The zero-order valence-corrected chi connectivity index (χ0v) is 14.7. The van der Waals surface area contributed by atoms with Crippen LogP contribution in [0.25, 0.3) is 17.0 Å². The second kappa shape index (κ2) is 7.72. The van der Waals surface area contributed by atoms with Gasteiger partial charge < -0.3 is 9.73 Å². The summed E-state index contributed by atoms with van der Waals surface area (Å²) in [4.78, 5) is 25.3. The highest BCUT2D eigenvalue weighted by Crippen LogP contribution is 2.19. The number of fused-ring (bicyclic) bond motifs is 1. The molecule has 26 heavy (non-hydrogen) atoms. The number of nitrogens with zero attached hydrogens (tertiary/aromatic N) is 1. The predicted molar refractivity (Wildman–Crippen MR) is 103 cm³/mol. The standard InChI is InChI=1S/C20H14N2O3S/c1-13-2-8-18-17(10-13)20(24)14(11-25-18)3-9-19(23)22-15-4-6-16(7-5-15)26-12-21/h2-11H,1H3,(H,22,23)/b9-3+. The lowest BCUT2D eigenvalue weighted by molar-refractivity contribution is -0.111. The molecule has 0 saturated carbocycles. The van der Waals surface area contributed by atoms with E-state index in [1.54, 1.807) is 36.4 Å². The Morgan fingerprint density at radius 3 is 2.73 bits per heavy atom. The summed E-state index contributed by atoms with van der Waals surface area (Å²) >= 11 is 1.05. The summed E-state index contributed by atoms with van der Waals surface area (Å²) < 4.78 is 5.45. The lowest BCUT2D eigenvalue weighted by Crippen LogP contribution is -2.09. The Bertz CT molecular complexity index is 1090. The van der Waals surface area contributed by atoms with E-state index in [0.717, 1.165) is 22.2 Å². The summed E-state index contributed by atoms with van der Waals surface area (Å²) in [7, 11) is 0. The first-order valence-electron chi connectivity index (χ1n) is 7.74. The lowest BCUT2D eigenvalue weighted by atomic mass is 10.1. The van der Waals surface area contributed by atoms with Gasteiger partial charge in [0.25, 0.3) is 0 Å². The van der Waals surface area contributed by atoms with Crippen LogP contribution in [0, 0.1) is 17.6 Å². The number of anilines is 1. The number of thiocyanates is 1. The lowest BCUT2D eigenvalue weighted by Gasteiger charge is -2.03. The molecule has 0 saturated heterocycles. The Morgan fingerprint density at radius 1 is 1.23 bits per heavy atom. The minimum absolute atomic E-state index is 0.183. The average Bonchev–Trinajstić information content (AvgIpc) is 2.63. The molecule has 0 fully saturated rings. The van der Waals surface area contributed by atoms with Gasteiger partial charge in [0.15, 0.2) is 5.43 Å². The van der Waals surface area contributed by atoms with Crippen LogP contribution in [0.15, 0.2) is 68.9 Å². The molecule has 0 spiro atoms. The SMILES string of the molecule is Cc1ccc2occ(/C=C/C(=O)Nc3ccc(SC#N)cc3)c(=O)c2c1. The van der Waals surface area contributed by atoms with Gasteiger partial charge in [0.05, 0.1) is 10.9 Å². The fourth-order valence-corrected chi connectivity index (χ4v) is 2.76. The number of nitriles is 1. The summed E-state index contributed by atoms with van der Waals surface area (Å²) in [5.41, 5.74) is 2.19. The molecule has 0 radical (unpaired) electrons. The number of benzene rings is 2. The van der Waals surface area contributed by atoms with Crippen molar-refractivity contribution in [3.63, 3.8) is 0 Å². The number of hydrogen-bond donors (Lipinski definition) is 1. The molecule has 1 amide bonds. The van der Waals surface area contributed by atoms with E-state index in [1.807, 2.05) is 18.4 Å². The quantitative estimate of drug-likeness (QED) is 0.424. The van der Waals surface area contributed by atoms with Crippen molar-refractivity contribution >= 4 is 40.4 Å². The molecule has 0 unspecified atom stereocenters. The van der Waals surface area contributed by atoms with Gasteiger partial charge in [-0.2, -0.15) is 5.26 Å². The number of rotatable bonds is 4. The highest BCUT2D eigenvalue weighted by Gasteiger charge is 2.06. The van der Waals surface area contributed by atoms with Gasteiger partial charge in [0.1, 0.15) is 17.2 Å². The van der Waals surface area contributed by atoms with Gasteiger partial charge >= 0.3 is 0 Å². The van der Waals surface area contributed by atoms with Crippen molar-refractivity contribution < 1.29 is 9.21 Å². The van der Waals surface area contributed by atoms with Crippen molar-refractivity contribution in [2.45, 2.75) is 11.8 Å². The number of thioether (sulfide) groups is 1. The van der Waals surface area contributed by atoms with Gasteiger partial charge in [-0.25, -0.2) is 0 Å². The van der Waals surface area contributed by atoms with E-state index < -0.39 is 0 Å². The normalized spacial score (nSPS) is 10.8. The summed E-state index contributed by atoms with van der Waals surface area (Å²) in [6.45, 7) is 1.90. The third kappa shape index (κ3) is 4.02. The van der Waals surface area contributed by atoms with E-state index in [4.69, 9.17) is 9.68 Å². The van der Waals surface area contributed by atoms with E-state index in [2.05, 4.69) is 5.32 Å². The van der Waals surface area contributed by atoms with Crippen LogP contribution in [-0.4, -0.2) is 5.91 Å². The minimum atomic E-state index is -0.366. The second-order valence-corrected chi connectivity index (χ2v) is 6.42. The molecule has 1 aromatic heterocycles. The molecule has 3 aromatic rings. The van der Waals surface area contributed by atoms with Crippen molar-refractivity contribution in [3.8, 4) is 5.40 Å². The second-order valence-electron chi connectivity index (χ2n) is 5.56. The molecule has 128 valence electrons. The van der Waals surface area contributed by atoms with Crippen LogP contribution in [0.4, 0.5) is 5.69 Å². The smallest absolute Gasteiger partial charge is 0.248 e. The zero-order chi connectivity index (χ0) is 18.5. The Kier molecular flexibility index (Phi) is 5.20. The van der Waals surface area contributed by atoms with Crippen LogP contribution in [-0.2, 0) is 4.79 Å². The van der Waals surface area contributed by atoms with Crippen molar-refractivity contribution in [3.05, 3.63) is 76.2 Å². The number of carbonyl (C=O) groups is 1. The van der Waals surface area contributed by atoms with Gasteiger partial charge in [-0.1, -0.05) is 11.6 Å². The predicted octanol–water partition coefficient (Wildman–Crippen LogP) is 4.33.